The average molecular weight is 263 g/mol. The molecular formula is C15H21NO3. The Hall–Kier alpha value is -1.68. The molecule has 4 nitrogen and oxygen atoms in total. The highest BCUT2D eigenvalue weighted by molar-refractivity contribution is 5.97. The van der Waals surface area contributed by atoms with E-state index in [-0.39, 0.29) is 18.7 Å². The van der Waals surface area contributed by atoms with Crippen molar-refractivity contribution in [2.45, 2.75) is 26.2 Å². The summed E-state index contributed by atoms with van der Waals surface area (Å²) in [4.78, 5) is 24.6. The van der Waals surface area contributed by atoms with Crippen LogP contribution in [-0.4, -0.2) is 41.4 Å². The number of unbranched alkanes of at least 4 members (excludes halogenated alkanes) is 1. The van der Waals surface area contributed by atoms with E-state index < -0.39 is 5.97 Å². The van der Waals surface area contributed by atoms with Crippen molar-refractivity contribution < 1.29 is 14.7 Å². The van der Waals surface area contributed by atoms with E-state index in [1.54, 1.807) is 12.1 Å². The number of rotatable bonds is 9. The Morgan fingerprint density at radius 3 is 2.42 bits per heavy atom. The number of aliphatic carboxylic acids is 1. The maximum absolute atomic E-state index is 12.1. The fourth-order valence-electron chi connectivity index (χ4n) is 1.82. The van der Waals surface area contributed by atoms with Gasteiger partial charge >= 0.3 is 5.97 Å². The maximum Gasteiger partial charge on any atom is 0.304 e. The quantitative estimate of drug-likeness (QED) is 0.695. The van der Waals surface area contributed by atoms with Gasteiger partial charge in [0.1, 0.15) is 0 Å². The van der Waals surface area contributed by atoms with Gasteiger partial charge in [-0.15, -0.1) is 0 Å². The van der Waals surface area contributed by atoms with Gasteiger partial charge in [0.05, 0.1) is 13.0 Å². The molecule has 0 heterocycles. The topological polar surface area (TPSA) is 57.6 Å². The van der Waals surface area contributed by atoms with Gasteiger partial charge in [-0.3, -0.25) is 14.5 Å². The zero-order valence-corrected chi connectivity index (χ0v) is 11.3. The predicted molar refractivity (Wildman–Crippen MR) is 74.4 cm³/mol. The highest BCUT2D eigenvalue weighted by Crippen LogP contribution is 2.04. The molecule has 1 N–H and O–H groups in total. The predicted octanol–water partition coefficient (Wildman–Crippen LogP) is 2.45. The van der Waals surface area contributed by atoms with E-state index in [9.17, 15) is 9.59 Å². The molecule has 4 heteroatoms. The van der Waals surface area contributed by atoms with Gasteiger partial charge in [0.25, 0.3) is 0 Å². The molecule has 0 amide bonds. The molecule has 19 heavy (non-hydrogen) atoms. The van der Waals surface area contributed by atoms with Crippen molar-refractivity contribution >= 4 is 11.8 Å². The number of carbonyl (C=O) groups is 2. The molecule has 0 fully saturated rings. The summed E-state index contributed by atoms with van der Waals surface area (Å²) in [6, 6.07) is 9.12. The van der Waals surface area contributed by atoms with E-state index in [1.165, 1.54) is 0 Å². The van der Waals surface area contributed by atoms with Crippen LogP contribution in [0.4, 0.5) is 0 Å². The van der Waals surface area contributed by atoms with Crippen LogP contribution in [0.15, 0.2) is 30.3 Å². The summed E-state index contributed by atoms with van der Waals surface area (Å²) in [6.07, 6.45) is 2.08. The van der Waals surface area contributed by atoms with Crippen LogP contribution in [0, 0.1) is 0 Å². The molecule has 0 aliphatic rings. The smallest absolute Gasteiger partial charge is 0.304 e. The fourth-order valence-corrected chi connectivity index (χ4v) is 1.82. The van der Waals surface area contributed by atoms with E-state index in [0.29, 0.717) is 12.1 Å². The van der Waals surface area contributed by atoms with E-state index in [0.717, 1.165) is 19.4 Å². The SMILES string of the molecule is CCCCN(CCC(=O)O)CC(=O)c1ccccc1. The Morgan fingerprint density at radius 2 is 1.84 bits per heavy atom. The first kappa shape index (κ1) is 15.4. The second-order valence-corrected chi connectivity index (χ2v) is 4.56. The Kier molecular flexibility index (Phi) is 6.82. The average Bonchev–Trinajstić information content (AvgIpc) is 2.42. The third kappa shape index (κ3) is 6.15. The first-order valence-corrected chi connectivity index (χ1v) is 6.66. The minimum atomic E-state index is -0.825. The first-order valence-electron chi connectivity index (χ1n) is 6.66. The Morgan fingerprint density at radius 1 is 1.16 bits per heavy atom. The molecule has 0 aromatic heterocycles. The normalized spacial score (nSPS) is 10.6. The summed E-state index contributed by atoms with van der Waals surface area (Å²) in [6.45, 7) is 3.56. The summed E-state index contributed by atoms with van der Waals surface area (Å²) in [5.41, 5.74) is 0.680. The molecular weight excluding hydrogens is 242 g/mol. The number of carboxylic acids is 1. The lowest BCUT2D eigenvalue weighted by Gasteiger charge is -2.20. The van der Waals surface area contributed by atoms with Crippen molar-refractivity contribution in [1.82, 2.24) is 4.90 Å². The van der Waals surface area contributed by atoms with E-state index >= 15 is 0 Å². The molecule has 0 unspecified atom stereocenters. The summed E-state index contributed by atoms with van der Waals surface area (Å²) in [5.74, 6) is -0.782. The third-order valence-electron chi connectivity index (χ3n) is 2.93. The molecule has 104 valence electrons. The van der Waals surface area contributed by atoms with Crippen molar-refractivity contribution in [3.05, 3.63) is 35.9 Å². The Balaban J connectivity index is 2.55. The molecule has 0 atom stereocenters. The van der Waals surface area contributed by atoms with Gasteiger partial charge in [-0.25, -0.2) is 0 Å². The van der Waals surface area contributed by atoms with Crippen LogP contribution in [-0.2, 0) is 4.79 Å². The molecule has 0 aliphatic heterocycles. The van der Waals surface area contributed by atoms with Crippen LogP contribution in [0.25, 0.3) is 0 Å². The van der Waals surface area contributed by atoms with Crippen LogP contribution < -0.4 is 0 Å². The zero-order chi connectivity index (χ0) is 14.1. The molecule has 0 saturated heterocycles. The van der Waals surface area contributed by atoms with Crippen molar-refractivity contribution in [3.8, 4) is 0 Å². The molecule has 0 bridgehead atoms. The van der Waals surface area contributed by atoms with Crippen LogP contribution in [0.1, 0.15) is 36.5 Å². The van der Waals surface area contributed by atoms with Crippen molar-refractivity contribution in [2.75, 3.05) is 19.6 Å². The summed E-state index contributed by atoms with van der Waals surface area (Å²) in [7, 11) is 0. The lowest BCUT2D eigenvalue weighted by atomic mass is 10.1. The maximum atomic E-state index is 12.1. The van der Waals surface area contributed by atoms with Gasteiger partial charge in [0.2, 0.25) is 0 Å². The summed E-state index contributed by atoms with van der Waals surface area (Å²) in [5, 5.41) is 8.73. The van der Waals surface area contributed by atoms with Gasteiger partial charge in [-0.05, 0) is 13.0 Å². The third-order valence-corrected chi connectivity index (χ3v) is 2.93. The monoisotopic (exact) mass is 263 g/mol. The molecule has 1 aromatic rings. The largest absolute Gasteiger partial charge is 0.481 e. The highest BCUT2D eigenvalue weighted by Gasteiger charge is 2.13. The lowest BCUT2D eigenvalue weighted by molar-refractivity contribution is -0.137. The first-order chi connectivity index (χ1) is 9.13. The van der Waals surface area contributed by atoms with E-state index in [2.05, 4.69) is 6.92 Å². The second-order valence-electron chi connectivity index (χ2n) is 4.56. The molecule has 1 aromatic carbocycles. The standard InChI is InChI=1S/C15H21NO3/c1-2-3-10-16(11-9-15(18)19)12-14(17)13-7-5-4-6-8-13/h4-8H,2-3,9-12H2,1H3,(H,18,19). The number of nitrogens with zero attached hydrogens (tertiary/aromatic N) is 1. The number of hydrogen-bond acceptors (Lipinski definition) is 3. The van der Waals surface area contributed by atoms with Gasteiger partial charge in [0.15, 0.2) is 5.78 Å². The summed E-state index contributed by atoms with van der Waals surface area (Å²) >= 11 is 0. The van der Waals surface area contributed by atoms with Crippen LogP contribution in [0.3, 0.4) is 0 Å². The molecule has 0 spiro atoms. The minimum absolute atomic E-state index is 0.0436. The lowest BCUT2D eigenvalue weighted by Crippen LogP contribution is -2.32. The van der Waals surface area contributed by atoms with Gasteiger partial charge in [-0.1, -0.05) is 43.7 Å². The number of carboxylic acid groups (broad SMARTS) is 1. The van der Waals surface area contributed by atoms with Gasteiger partial charge in [0, 0.05) is 12.1 Å². The Bertz CT molecular complexity index is 403. The van der Waals surface area contributed by atoms with Crippen LogP contribution in [0.2, 0.25) is 0 Å². The molecule has 0 saturated carbocycles. The van der Waals surface area contributed by atoms with Gasteiger partial charge in [-0.2, -0.15) is 0 Å². The highest BCUT2D eigenvalue weighted by atomic mass is 16.4. The number of ketones is 1. The molecule has 1 rings (SSSR count). The van der Waals surface area contributed by atoms with Crippen LogP contribution in [0.5, 0.6) is 0 Å². The minimum Gasteiger partial charge on any atom is -0.481 e. The number of hydrogen-bond donors (Lipinski definition) is 1. The number of Topliss-reactive ketones (excluding diaryl/α,β-unsaturated/α-hetero) is 1. The van der Waals surface area contributed by atoms with Crippen molar-refractivity contribution in [3.63, 3.8) is 0 Å². The Labute approximate surface area is 114 Å². The molecule has 0 aliphatic carbocycles. The van der Waals surface area contributed by atoms with Crippen molar-refractivity contribution in [1.29, 1.82) is 0 Å². The molecule has 0 radical (unpaired) electrons. The van der Waals surface area contributed by atoms with Crippen molar-refractivity contribution in [2.24, 2.45) is 0 Å². The number of carbonyl (C=O) groups excluding carboxylic acids is 1. The van der Waals surface area contributed by atoms with E-state index in [1.807, 2.05) is 23.1 Å². The zero-order valence-electron chi connectivity index (χ0n) is 11.3. The summed E-state index contributed by atoms with van der Waals surface area (Å²) < 4.78 is 0. The van der Waals surface area contributed by atoms with Gasteiger partial charge < -0.3 is 5.11 Å². The second kappa shape index (κ2) is 8.43. The van der Waals surface area contributed by atoms with Crippen LogP contribution >= 0.6 is 0 Å². The number of benzene rings is 1. The fraction of sp³-hybridized carbons (Fsp3) is 0.467. The van der Waals surface area contributed by atoms with E-state index in [4.69, 9.17) is 5.11 Å².